The SMILES string of the molecule is COC1C(=O)N(C2CCN(C(=O)c3ccc(C)s3)CC2)C12CCOCC2. The van der Waals surface area contributed by atoms with Gasteiger partial charge in [-0.05, 0) is 44.7 Å². The van der Waals surface area contributed by atoms with Crippen LogP contribution in [0.5, 0.6) is 0 Å². The number of likely N-dealkylation sites (tertiary alicyclic amines) is 2. The molecule has 4 rings (SSSR count). The average Bonchev–Trinajstić information content (AvgIpc) is 3.09. The summed E-state index contributed by atoms with van der Waals surface area (Å²) < 4.78 is 11.0. The number of methoxy groups -OCH3 is 1. The Morgan fingerprint density at radius 1 is 1.27 bits per heavy atom. The first-order chi connectivity index (χ1) is 12.6. The highest BCUT2D eigenvalue weighted by atomic mass is 32.1. The van der Waals surface area contributed by atoms with E-state index in [0.29, 0.717) is 26.3 Å². The molecular formula is C19H26N2O4S. The van der Waals surface area contributed by atoms with E-state index in [1.54, 1.807) is 18.4 Å². The van der Waals surface area contributed by atoms with Gasteiger partial charge in [-0.3, -0.25) is 9.59 Å². The molecule has 3 aliphatic rings. The van der Waals surface area contributed by atoms with Gasteiger partial charge in [0.25, 0.3) is 11.8 Å². The highest BCUT2D eigenvalue weighted by Gasteiger charge is 2.62. The second kappa shape index (κ2) is 6.94. The van der Waals surface area contributed by atoms with Gasteiger partial charge in [0.05, 0.1) is 10.4 Å². The first-order valence-corrected chi connectivity index (χ1v) is 10.2. The molecule has 0 aromatic carbocycles. The van der Waals surface area contributed by atoms with E-state index < -0.39 is 0 Å². The van der Waals surface area contributed by atoms with Gasteiger partial charge in [0.15, 0.2) is 6.10 Å². The van der Waals surface area contributed by atoms with Gasteiger partial charge in [-0.1, -0.05) is 0 Å². The van der Waals surface area contributed by atoms with Gasteiger partial charge in [0.2, 0.25) is 0 Å². The number of carbonyl (C=O) groups excluding carboxylic acids is 2. The molecule has 3 saturated heterocycles. The number of aryl methyl sites for hydroxylation is 1. The van der Waals surface area contributed by atoms with Crippen LogP contribution >= 0.6 is 11.3 Å². The van der Waals surface area contributed by atoms with E-state index in [-0.39, 0.29) is 29.5 Å². The highest BCUT2D eigenvalue weighted by Crippen LogP contribution is 2.45. The van der Waals surface area contributed by atoms with Crippen molar-refractivity contribution in [1.82, 2.24) is 9.80 Å². The van der Waals surface area contributed by atoms with Crippen LogP contribution in [-0.2, 0) is 14.3 Å². The monoisotopic (exact) mass is 378 g/mol. The normalized spacial score (nSPS) is 26.2. The average molecular weight is 378 g/mol. The molecule has 2 amide bonds. The summed E-state index contributed by atoms with van der Waals surface area (Å²) in [5.74, 6) is 0.222. The fourth-order valence-corrected chi connectivity index (χ4v) is 5.60. The number of amides is 2. The molecule has 1 atom stereocenters. The summed E-state index contributed by atoms with van der Waals surface area (Å²) >= 11 is 1.55. The fraction of sp³-hybridized carbons (Fsp3) is 0.684. The minimum absolute atomic E-state index is 0.105. The molecule has 7 heteroatoms. The van der Waals surface area contributed by atoms with E-state index in [0.717, 1.165) is 35.4 Å². The number of rotatable bonds is 3. The second-order valence-electron chi connectivity index (χ2n) is 7.47. The molecule has 1 unspecified atom stereocenters. The second-order valence-corrected chi connectivity index (χ2v) is 8.76. The zero-order valence-electron chi connectivity index (χ0n) is 15.4. The lowest BCUT2D eigenvalue weighted by molar-refractivity contribution is -0.213. The lowest BCUT2D eigenvalue weighted by atomic mass is 9.72. The Kier molecular flexibility index (Phi) is 4.79. The third-order valence-corrected chi connectivity index (χ3v) is 7.08. The number of hydrogen-bond donors (Lipinski definition) is 0. The Morgan fingerprint density at radius 2 is 1.96 bits per heavy atom. The fourth-order valence-electron chi connectivity index (χ4n) is 4.76. The summed E-state index contributed by atoms with van der Waals surface area (Å²) in [5.41, 5.74) is -0.203. The molecule has 0 saturated carbocycles. The summed E-state index contributed by atoms with van der Waals surface area (Å²) in [6, 6.07) is 4.10. The maximum atomic E-state index is 12.7. The number of ether oxygens (including phenoxy) is 2. The van der Waals surface area contributed by atoms with Crippen LogP contribution < -0.4 is 0 Å². The number of piperidine rings is 1. The molecule has 3 aliphatic heterocycles. The van der Waals surface area contributed by atoms with Crippen molar-refractivity contribution < 1.29 is 19.1 Å². The first-order valence-electron chi connectivity index (χ1n) is 9.36. The zero-order chi connectivity index (χ0) is 18.3. The first kappa shape index (κ1) is 17.9. The van der Waals surface area contributed by atoms with Gasteiger partial charge in [0.1, 0.15) is 0 Å². The molecule has 0 radical (unpaired) electrons. The van der Waals surface area contributed by atoms with Gasteiger partial charge in [-0.15, -0.1) is 11.3 Å². The molecule has 0 bridgehead atoms. The minimum atomic E-state index is -0.333. The molecule has 4 heterocycles. The minimum Gasteiger partial charge on any atom is -0.381 e. The van der Waals surface area contributed by atoms with Crippen molar-refractivity contribution in [1.29, 1.82) is 0 Å². The summed E-state index contributed by atoms with van der Waals surface area (Å²) in [5, 5.41) is 0. The zero-order valence-corrected chi connectivity index (χ0v) is 16.2. The Balaban J connectivity index is 1.42. The van der Waals surface area contributed by atoms with Crippen molar-refractivity contribution in [3.05, 3.63) is 21.9 Å². The number of β-lactam (4-membered cyclic amide) rings is 1. The summed E-state index contributed by atoms with van der Waals surface area (Å²) in [4.78, 5) is 31.3. The molecule has 0 aliphatic carbocycles. The maximum Gasteiger partial charge on any atom is 0.263 e. The molecule has 1 spiro atoms. The Hall–Kier alpha value is -1.44. The van der Waals surface area contributed by atoms with Gasteiger partial charge >= 0.3 is 0 Å². The van der Waals surface area contributed by atoms with Crippen LogP contribution in [-0.4, -0.2) is 72.7 Å². The molecule has 3 fully saturated rings. The molecule has 0 N–H and O–H groups in total. The van der Waals surface area contributed by atoms with Crippen LogP contribution in [0.15, 0.2) is 12.1 Å². The molecular weight excluding hydrogens is 352 g/mol. The third kappa shape index (κ3) is 2.77. The molecule has 142 valence electrons. The molecule has 26 heavy (non-hydrogen) atoms. The van der Waals surface area contributed by atoms with Crippen molar-refractivity contribution in [3.63, 3.8) is 0 Å². The maximum absolute atomic E-state index is 12.7. The Bertz CT molecular complexity index is 689. The van der Waals surface area contributed by atoms with E-state index in [1.165, 1.54) is 0 Å². The van der Waals surface area contributed by atoms with Crippen LogP contribution in [0.3, 0.4) is 0 Å². The van der Waals surface area contributed by atoms with E-state index in [9.17, 15) is 9.59 Å². The van der Waals surface area contributed by atoms with Crippen LogP contribution in [0.4, 0.5) is 0 Å². The number of hydrogen-bond acceptors (Lipinski definition) is 5. The van der Waals surface area contributed by atoms with Gasteiger partial charge in [0, 0.05) is 44.3 Å². The van der Waals surface area contributed by atoms with Crippen molar-refractivity contribution in [2.45, 2.75) is 50.3 Å². The quantitative estimate of drug-likeness (QED) is 0.756. The van der Waals surface area contributed by atoms with Crippen LogP contribution in [0.2, 0.25) is 0 Å². The van der Waals surface area contributed by atoms with E-state index in [2.05, 4.69) is 4.90 Å². The number of carbonyl (C=O) groups is 2. The smallest absolute Gasteiger partial charge is 0.263 e. The lowest BCUT2D eigenvalue weighted by Gasteiger charge is -2.61. The number of thiophene rings is 1. The molecule has 1 aromatic heterocycles. The molecule has 1 aromatic rings. The Morgan fingerprint density at radius 3 is 2.54 bits per heavy atom. The largest absolute Gasteiger partial charge is 0.381 e. The van der Waals surface area contributed by atoms with Crippen LogP contribution in [0.25, 0.3) is 0 Å². The standard InChI is InChI=1S/C19H26N2O4S/c1-13-3-4-15(26-13)17(22)20-9-5-14(6-10-20)21-18(23)16(24-2)19(21)7-11-25-12-8-19/h3-4,14,16H,5-12H2,1-2H3. The van der Waals surface area contributed by atoms with Gasteiger partial charge in [-0.2, -0.15) is 0 Å². The molecule has 6 nitrogen and oxygen atoms in total. The van der Waals surface area contributed by atoms with E-state index in [1.807, 2.05) is 24.0 Å². The third-order valence-electron chi connectivity index (χ3n) is 6.09. The number of nitrogens with zero attached hydrogens (tertiary/aromatic N) is 2. The van der Waals surface area contributed by atoms with Crippen molar-refractivity contribution in [2.75, 3.05) is 33.4 Å². The summed E-state index contributed by atoms with van der Waals surface area (Å²) in [7, 11) is 1.63. The van der Waals surface area contributed by atoms with Crippen molar-refractivity contribution in [3.8, 4) is 0 Å². The van der Waals surface area contributed by atoms with Crippen molar-refractivity contribution in [2.24, 2.45) is 0 Å². The van der Waals surface area contributed by atoms with Gasteiger partial charge < -0.3 is 19.3 Å². The Labute approximate surface area is 158 Å². The highest BCUT2D eigenvalue weighted by molar-refractivity contribution is 7.13. The predicted octanol–water partition coefficient (Wildman–Crippen LogP) is 2.07. The van der Waals surface area contributed by atoms with Gasteiger partial charge in [-0.25, -0.2) is 0 Å². The van der Waals surface area contributed by atoms with Crippen molar-refractivity contribution >= 4 is 23.2 Å². The summed E-state index contributed by atoms with van der Waals surface area (Å²) in [6.45, 7) is 4.78. The predicted molar refractivity (Wildman–Crippen MR) is 98.4 cm³/mol. The van der Waals surface area contributed by atoms with E-state index >= 15 is 0 Å². The van der Waals surface area contributed by atoms with Crippen LogP contribution in [0.1, 0.15) is 40.2 Å². The lowest BCUT2D eigenvalue weighted by Crippen LogP contribution is -2.79. The summed E-state index contributed by atoms with van der Waals surface area (Å²) in [6.07, 6.45) is 3.01. The topological polar surface area (TPSA) is 59.1 Å². The van der Waals surface area contributed by atoms with E-state index in [4.69, 9.17) is 9.47 Å². The van der Waals surface area contributed by atoms with Crippen LogP contribution in [0, 0.1) is 6.92 Å².